The molecule has 3 aliphatic heterocycles. The quantitative estimate of drug-likeness (QED) is 0.125. The highest BCUT2D eigenvalue weighted by atomic mass is 16.8. The van der Waals surface area contributed by atoms with Gasteiger partial charge in [0, 0.05) is 5.41 Å². The predicted octanol–water partition coefficient (Wildman–Crippen LogP) is 1.98. The lowest BCUT2D eigenvalue weighted by Crippen LogP contribution is -2.67. The number of hydrogen-bond acceptors (Lipinski definition) is 15. The van der Waals surface area contributed by atoms with Gasteiger partial charge in [-0.3, -0.25) is 4.79 Å². The zero-order valence-electron chi connectivity index (χ0n) is 37.5. The molecule has 0 bridgehead atoms. The predicted molar refractivity (Wildman–Crippen MR) is 219 cm³/mol. The number of rotatable bonds is 8. The van der Waals surface area contributed by atoms with Crippen LogP contribution in [0, 0.1) is 50.2 Å². The number of ether oxygens (including phenoxy) is 6. The minimum atomic E-state index is -1.75. The molecule has 0 aromatic rings. The van der Waals surface area contributed by atoms with Crippen LogP contribution >= 0.6 is 0 Å². The Kier molecular flexibility index (Phi) is 12.5. The van der Waals surface area contributed by atoms with Crippen molar-refractivity contribution in [2.24, 2.45) is 50.2 Å². The van der Waals surface area contributed by atoms with Gasteiger partial charge in [-0.1, -0.05) is 53.2 Å². The third kappa shape index (κ3) is 7.19. The van der Waals surface area contributed by atoms with E-state index in [1.54, 1.807) is 0 Å². The third-order valence-electron chi connectivity index (χ3n) is 18.7. The van der Waals surface area contributed by atoms with Gasteiger partial charge < -0.3 is 74.4 Å². The first kappa shape index (κ1) is 47.2. The number of aliphatic hydroxyl groups excluding tert-OH is 8. The monoisotopic (exact) mass is 882 g/mol. The van der Waals surface area contributed by atoms with Gasteiger partial charge in [0.2, 0.25) is 0 Å². The second kappa shape index (κ2) is 16.5. The second-order valence-electron chi connectivity index (χ2n) is 22.4. The number of carboxylic acids is 1. The number of carbonyl (C=O) groups is 1. The SMILES string of the molecule is CC1OC(OC2C(OC3CCC4(C)C(CCC5(C)C4CC=C4C6CC(C)(C)CCC6(C(=O)O)CCC45C)C3(C)CO)OCC(O)C2O)C(O)C(O)C1OC1OCC(O)C(O)C1O. The van der Waals surface area contributed by atoms with Crippen LogP contribution < -0.4 is 0 Å². The number of aliphatic hydroxyl groups is 8. The molecular formula is C46H74O16. The molecule has 5 aliphatic carbocycles. The summed E-state index contributed by atoms with van der Waals surface area (Å²) >= 11 is 0. The third-order valence-corrected chi connectivity index (χ3v) is 18.7. The Bertz CT molecular complexity index is 1690. The first-order valence-corrected chi connectivity index (χ1v) is 23.1. The Morgan fingerprint density at radius 2 is 1.34 bits per heavy atom. The minimum absolute atomic E-state index is 0.00884. The molecule has 22 unspecified atom stereocenters. The van der Waals surface area contributed by atoms with E-state index in [9.17, 15) is 50.8 Å². The normalized spacial score (nSPS) is 55.1. The van der Waals surface area contributed by atoms with Crippen molar-refractivity contribution in [1.29, 1.82) is 0 Å². The Balaban J connectivity index is 0.997. The molecule has 0 spiro atoms. The van der Waals surface area contributed by atoms with Gasteiger partial charge in [0.05, 0.1) is 37.4 Å². The molecule has 9 N–H and O–H groups in total. The zero-order valence-corrected chi connectivity index (χ0v) is 37.5. The fourth-order valence-electron chi connectivity index (χ4n) is 14.6. The highest BCUT2D eigenvalue weighted by molar-refractivity contribution is 5.76. The Morgan fingerprint density at radius 1 is 0.710 bits per heavy atom. The molecule has 7 fully saturated rings. The first-order valence-electron chi connectivity index (χ1n) is 23.1. The molecule has 3 heterocycles. The first-order chi connectivity index (χ1) is 29.0. The molecule has 3 saturated heterocycles. The van der Waals surface area contributed by atoms with Crippen molar-refractivity contribution in [2.45, 2.75) is 199 Å². The van der Waals surface area contributed by atoms with E-state index in [4.69, 9.17) is 28.4 Å². The van der Waals surface area contributed by atoms with Crippen LogP contribution in [0.15, 0.2) is 11.6 Å². The number of aliphatic carboxylic acids is 1. The average molecular weight is 883 g/mol. The molecule has 0 aromatic heterocycles. The summed E-state index contributed by atoms with van der Waals surface area (Å²) in [6, 6.07) is 0. The van der Waals surface area contributed by atoms with Crippen molar-refractivity contribution in [3.63, 3.8) is 0 Å². The molecule has 62 heavy (non-hydrogen) atoms. The van der Waals surface area contributed by atoms with Gasteiger partial charge in [-0.15, -0.1) is 0 Å². The van der Waals surface area contributed by atoms with Crippen LogP contribution in [-0.2, 0) is 33.2 Å². The molecule has 0 aromatic carbocycles. The zero-order chi connectivity index (χ0) is 45.1. The number of allylic oxidation sites excluding steroid dienone is 2. The maximum absolute atomic E-state index is 13.1. The summed E-state index contributed by atoms with van der Waals surface area (Å²) in [6.45, 7) is 14.6. The van der Waals surface area contributed by atoms with Crippen molar-refractivity contribution in [3.8, 4) is 0 Å². The van der Waals surface area contributed by atoms with Gasteiger partial charge >= 0.3 is 5.97 Å². The Hall–Kier alpha value is -1.35. The number of carboxylic acid groups (broad SMARTS) is 1. The van der Waals surface area contributed by atoms with Gasteiger partial charge in [0.25, 0.3) is 0 Å². The lowest BCUT2D eigenvalue weighted by molar-refractivity contribution is -0.377. The van der Waals surface area contributed by atoms with Crippen molar-refractivity contribution >= 4 is 5.97 Å². The molecule has 0 radical (unpaired) electrons. The summed E-state index contributed by atoms with van der Waals surface area (Å²) in [6.07, 6.45) is -8.88. The number of fused-ring (bicyclic) bond motifs is 7. The van der Waals surface area contributed by atoms with E-state index in [2.05, 4.69) is 47.6 Å². The van der Waals surface area contributed by atoms with Crippen molar-refractivity contribution in [1.82, 2.24) is 0 Å². The largest absolute Gasteiger partial charge is 0.481 e. The van der Waals surface area contributed by atoms with Crippen LogP contribution in [0.25, 0.3) is 0 Å². The summed E-state index contributed by atoms with van der Waals surface area (Å²) in [5.41, 5.74) is -0.491. The maximum Gasteiger partial charge on any atom is 0.310 e. The van der Waals surface area contributed by atoms with E-state index >= 15 is 0 Å². The van der Waals surface area contributed by atoms with Gasteiger partial charge in [-0.05, 0) is 111 Å². The molecule has 16 heteroatoms. The summed E-state index contributed by atoms with van der Waals surface area (Å²) in [5, 5.41) is 97.0. The molecule has 8 aliphatic rings. The van der Waals surface area contributed by atoms with Gasteiger partial charge in [0.1, 0.15) is 54.9 Å². The molecular weight excluding hydrogens is 808 g/mol. The van der Waals surface area contributed by atoms with Crippen molar-refractivity contribution in [2.75, 3.05) is 19.8 Å². The summed E-state index contributed by atoms with van der Waals surface area (Å²) in [4.78, 5) is 13.1. The highest BCUT2D eigenvalue weighted by Gasteiger charge is 2.70. The smallest absolute Gasteiger partial charge is 0.310 e. The molecule has 8 rings (SSSR count). The Morgan fingerprint density at radius 3 is 2.02 bits per heavy atom. The highest BCUT2D eigenvalue weighted by Crippen LogP contribution is 2.76. The van der Waals surface area contributed by atoms with Crippen LogP contribution in [0.1, 0.15) is 113 Å². The van der Waals surface area contributed by atoms with Crippen LogP contribution in [0.5, 0.6) is 0 Å². The summed E-state index contributed by atoms with van der Waals surface area (Å²) in [7, 11) is 0. The van der Waals surface area contributed by atoms with E-state index in [0.29, 0.717) is 19.3 Å². The maximum atomic E-state index is 13.1. The van der Waals surface area contributed by atoms with E-state index in [-0.39, 0.29) is 59.2 Å². The van der Waals surface area contributed by atoms with E-state index in [0.717, 1.165) is 44.9 Å². The summed E-state index contributed by atoms with van der Waals surface area (Å²) < 4.78 is 36.0. The summed E-state index contributed by atoms with van der Waals surface area (Å²) in [5.74, 6) is -0.327. The van der Waals surface area contributed by atoms with Crippen LogP contribution in [-0.4, -0.2) is 158 Å². The van der Waals surface area contributed by atoms with Crippen LogP contribution in [0.4, 0.5) is 0 Å². The minimum Gasteiger partial charge on any atom is -0.481 e. The standard InChI is InChI=1S/C46H74O16/c1-22-35(61-37-33(53)30(50)25(48)19-57-37)32(52)34(54)38(59-22)62-36-31(51)26(49)20-58-39(36)60-29-11-12-42(4)27(43(29,5)21-47)10-13-45(7)28(42)9-8-23-24-18-41(2,3)14-16-46(24,40(55)56)17-15-44(23,45)6/h8,22,24-39,47-54H,9-21H2,1-7H3,(H,55,56). The number of hydrogen-bond donors (Lipinski definition) is 9. The van der Waals surface area contributed by atoms with E-state index in [1.807, 2.05) is 0 Å². The van der Waals surface area contributed by atoms with Crippen LogP contribution in [0.2, 0.25) is 0 Å². The average Bonchev–Trinajstić information content (AvgIpc) is 3.21. The topological polar surface area (TPSA) is 255 Å². The Labute approximate surface area is 364 Å². The molecule has 22 atom stereocenters. The lowest BCUT2D eigenvalue weighted by Gasteiger charge is -2.71. The van der Waals surface area contributed by atoms with Gasteiger partial charge in [-0.2, -0.15) is 0 Å². The van der Waals surface area contributed by atoms with Gasteiger partial charge in [0.15, 0.2) is 18.9 Å². The fraction of sp³-hybridized carbons (Fsp3) is 0.935. The molecule has 4 saturated carbocycles. The molecule has 0 amide bonds. The molecule has 354 valence electrons. The van der Waals surface area contributed by atoms with Crippen molar-refractivity contribution < 1.29 is 79.2 Å². The van der Waals surface area contributed by atoms with E-state index in [1.165, 1.54) is 12.5 Å². The van der Waals surface area contributed by atoms with Crippen molar-refractivity contribution in [3.05, 3.63) is 11.6 Å². The lowest BCUT2D eigenvalue weighted by atomic mass is 9.33. The molecule has 16 nitrogen and oxygen atoms in total. The fourth-order valence-corrected chi connectivity index (χ4v) is 14.6. The van der Waals surface area contributed by atoms with Crippen LogP contribution in [0.3, 0.4) is 0 Å². The van der Waals surface area contributed by atoms with Gasteiger partial charge in [-0.25, -0.2) is 0 Å². The van der Waals surface area contributed by atoms with E-state index < -0.39 is 103 Å². The second-order valence-corrected chi connectivity index (χ2v) is 22.4.